The number of nitro groups is 1. The number of carbonyl (C=O) groups excluding carboxylic acids is 1. The van der Waals surface area contributed by atoms with Crippen LogP contribution in [0.25, 0.3) is 0 Å². The number of anilines is 1. The fourth-order valence-corrected chi connectivity index (χ4v) is 2.47. The molecule has 0 spiro atoms. The smallest absolute Gasteiger partial charge is 0.303 e. The second-order valence-corrected chi connectivity index (χ2v) is 6.14. The topological polar surface area (TPSA) is 126 Å². The van der Waals surface area contributed by atoms with Gasteiger partial charge in [-0.25, -0.2) is 0 Å². The first-order chi connectivity index (χ1) is 12.9. The number of non-ortho nitro benzene ring substituents is 1. The lowest BCUT2D eigenvalue weighted by atomic mass is 10.1. The molecule has 2 aromatic rings. The molecule has 0 saturated heterocycles. The Morgan fingerprint density at radius 2 is 1.85 bits per heavy atom. The number of halogens is 1. The largest absolute Gasteiger partial charge is 0.374 e. The third-order valence-electron chi connectivity index (χ3n) is 3.52. The van der Waals surface area contributed by atoms with Gasteiger partial charge in [0.25, 0.3) is 5.69 Å². The Bertz CT molecular complexity index is 988. The lowest BCUT2D eigenvalue weighted by Crippen LogP contribution is -2.36. The van der Waals surface area contributed by atoms with E-state index in [4.69, 9.17) is 29.6 Å². The Morgan fingerprint density at radius 1 is 1.22 bits per heavy atom. The first kappa shape index (κ1) is 18.4. The first-order valence-corrected chi connectivity index (χ1v) is 8.22. The van der Waals surface area contributed by atoms with Gasteiger partial charge in [0.1, 0.15) is 5.71 Å². The van der Waals surface area contributed by atoms with Crippen LogP contribution in [0.4, 0.5) is 11.4 Å². The van der Waals surface area contributed by atoms with Gasteiger partial charge in [-0.05, 0) is 48.6 Å². The second kappa shape index (κ2) is 7.48. The summed E-state index contributed by atoms with van der Waals surface area (Å²) >= 11 is 10.7. The van der Waals surface area contributed by atoms with Crippen molar-refractivity contribution < 1.29 is 9.72 Å². The van der Waals surface area contributed by atoms with E-state index in [-0.39, 0.29) is 22.2 Å². The number of benzene rings is 2. The molecule has 2 aromatic carbocycles. The van der Waals surface area contributed by atoms with Gasteiger partial charge >= 0.3 is 5.91 Å². The summed E-state index contributed by atoms with van der Waals surface area (Å²) < 4.78 is 0. The molecule has 0 unspecified atom stereocenters. The molecule has 3 rings (SSSR count). The molecule has 0 bridgehead atoms. The molecule has 1 heterocycles. The van der Waals surface area contributed by atoms with Crippen LogP contribution in [0.5, 0.6) is 0 Å². The zero-order valence-corrected chi connectivity index (χ0v) is 15.1. The van der Waals surface area contributed by atoms with E-state index in [2.05, 4.69) is 15.6 Å². The van der Waals surface area contributed by atoms with Gasteiger partial charge in [-0.1, -0.05) is 11.6 Å². The van der Waals surface area contributed by atoms with Crippen molar-refractivity contribution >= 4 is 57.6 Å². The lowest BCUT2D eigenvalue weighted by Gasteiger charge is -2.07. The first-order valence-electron chi connectivity index (χ1n) is 7.44. The summed E-state index contributed by atoms with van der Waals surface area (Å²) in [6.07, 6.45) is 0. The van der Waals surface area contributed by atoms with Crippen molar-refractivity contribution in [3.8, 4) is 0 Å². The minimum Gasteiger partial charge on any atom is -0.374 e. The highest BCUT2D eigenvalue weighted by Crippen LogP contribution is 2.19. The molecule has 0 fully saturated rings. The number of hydrogen-bond acceptors (Lipinski definition) is 7. The molecule has 1 aliphatic rings. The van der Waals surface area contributed by atoms with Crippen molar-refractivity contribution in [3.63, 3.8) is 0 Å². The van der Waals surface area contributed by atoms with Crippen LogP contribution >= 0.6 is 23.8 Å². The van der Waals surface area contributed by atoms with Crippen LogP contribution in [-0.4, -0.2) is 32.4 Å². The van der Waals surface area contributed by atoms with Crippen LogP contribution in [0.3, 0.4) is 0 Å². The zero-order valence-electron chi connectivity index (χ0n) is 13.5. The number of hydrazone groups is 2. The second-order valence-electron chi connectivity index (χ2n) is 5.29. The monoisotopic (exact) mass is 402 g/mol. The normalized spacial score (nSPS) is 15.0. The number of nitrogens with one attached hydrogen (secondary N) is 1. The minimum absolute atomic E-state index is 0.0356. The predicted octanol–water partition coefficient (Wildman–Crippen LogP) is 2.51. The SMILES string of the molecule is NC(=S)N1N=C(c2ccc([N+](=O)[O-])cc2)C(=NNc2ccc(Cl)cc2)C1=O. The molecule has 1 amide bonds. The van der Waals surface area contributed by atoms with Crippen molar-refractivity contribution in [1.82, 2.24) is 5.01 Å². The van der Waals surface area contributed by atoms with Crippen LogP contribution in [0.2, 0.25) is 5.02 Å². The van der Waals surface area contributed by atoms with E-state index in [1.165, 1.54) is 24.3 Å². The highest BCUT2D eigenvalue weighted by molar-refractivity contribution is 7.80. The van der Waals surface area contributed by atoms with Gasteiger partial charge in [0.15, 0.2) is 10.8 Å². The van der Waals surface area contributed by atoms with E-state index in [0.717, 1.165) is 5.01 Å². The van der Waals surface area contributed by atoms with E-state index >= 15 is 0 Å². The molecule has 0 aromatic heterocycles. The molecule has 9 nitrogen and oxygen atoms in total. The molecule has 3 N–H and O–H groups in total. The maximum atomic E-state index is 12.5. The van der Waals surface area contributed by atoms with Gasteiger partial charge < -0.3 is 5.73 Å². The maximum Gasteiger partial charge on any atom is 0.303 e. The van der Waals surface area contributed by atoms with E-state index in [1.54, 1.807) is 24.3 Å². The summed E-state index contributed by atoms with van der Waals surface area (Å²) in [4.78, 5) is 22.8. The van der Waals surface area contributed by atoms with Crippen LogP contribution in [0, 0.1) is 10.1 Å². The number of carbonyl (C=O) groups is 1. The molecule has 0 saturated carbocycles. The standard InChI is InChI=1S/C16H11ClN6O3S/c17-10-3-5-11(6-4-10)19-20-14-13(21-22(15(14)24)16(18)27)9-1-7-12(8-2-9)23(25)26/h1-8,19H,(H2,18,27). The third kappa shape index (κ3) is 3.91. The Balaban J connectivity index is 1.96. The molecule has 0 aliphatic carbocycles. The van der Waals surface area contributed by atoms with Crippen molar-refractivity contribution in [2.45, 2.75) is 0 Å². The maximum absolute atomic E-state index is 12.5. The summed E-state index contributed by atoms with van der Waals surface area (Å²) in [6, 6.07) is 12.2. The zero-order chi connectivity index (χ0) is 19.6. The summed E-state index contributed by atoms with van der Waals surface area (Å²) in [5.74, 6) is -0.614. The summed E-state index contributed by atoms with van der Waals surface area (Å²) in [5, 5.41) is 20.2. The molecule has 0 atom stereocenters. The molecule has 27 heavy (non-hydrogen) atoms. The van der Waals surface area contributed by atoms with Crippen LogP contribution < -0.4 is 11.2 Å². The van der Waals surface area contributed by atoms with Crippen molar-refractivity contribution in [2.75, 3.05) is 5.43 Å². The number of nitrogens with zero attached hydrogens (tertiary/aromatic N) is 4. The average molecular weight is 403 g/mol. The molecular weight excluding hydrogens is 392 g/mol. The number of nitro benzene ring substituents is 1. The van der Waals surface area contributed by atoms with Crippen molar-refractivity contribution in [1.29, 1.82) is 0 Å². The summed E-state index contributed by atoms with van der Waals surface area (Å²) in [7, 11) is 0. The fourth-order valence-electron chi connectivity index (χ4n) is 2.22. The predicted molar refractivity (Wildman–Crippen MR) is 106 cm³/mol. The number of thiocarbonyl (C=S) groups is 1. The lowest BCUT2D eigenvalue weighted by molar-refractivity contribution is -0.384. The van der Waals surface area contributed by atoms with Crippen LogP contribution in [0.15, 0.2) is 58.7 Å². The number of hydrogen-bond donors (Lipinski definition) is 2. The van der Waals surface area contributed by atoms with E-state index in [1.807, 2.05) is 0 Å². The number of nitrogens with two attached hydrogens (primary N) is 1. The Hall–Kier alpha value is -3.37. The van der Waals surface area contributed by atoms with Crippen molar-refractivity contribution in [2.24, 2.45) is 15.9 Å². The van der Waals surface area contributed by atoms with Gasteiger partial charge in [0.05, 0.1) is 10.6 Å². The Labute approximate surface area is 163 Å². The van der Waals surface area contributed by atoms with Crippen molar-refractivity contribution in [3.05, 3.63) is 69.2 Å². The van der Waals surface area contributed by atoms with E-state index < -0.39 is 10.8 Å². The van der Waals surface area contributed by atoms with Gasteiger partial charge in [0.2, 0.25) is 0 Å². The Morgan fingerprint density at radius 3 is 2.41 bits per heavy atom. The molecule has 0 radical (unpaired) electrons. The number of amides is 1. The average Bonchev–Trinajstić information content (AvgIpc) is 2.98. The highest BCUT2D eigenvalue weighted by atomic mass is 35.5. The molecule has 1 aliphatic heterocycles. The summed E-state index contributed by atoms with van der Waals surface area (Å²) in [5.41, 5.74) is 9.37. The van der Waals surface area contributed by atoms with Gasteiger partial charge in [0, 0.05) is 22.7 Å². The van der Waals surface area contributed by atoms with Gasteiger partial charge in [-0.2, -0.15) is 15.2 Å². The highest BCUT2D eigenvalue weighted by Gasteiger charge is 2.34. The number of rotatable bonds is 4. The summed E-state index contributed by atoms with van der Waals surface area (Å²) in [6.45, 7) is 0. The molecule has 11 heteroatoms. The van der Waals surface area contributed by atoms with Crippen LogP contribution in [-0.2, 0) is 4.79 Å². The Kier molecular flexibility index (Phi) is 5.10. The third-order valence-corrected chi connectivity index (χ3v) is 3.95. The van der Waals surface area contributed by atoms with Crippen LogP contribution in [0.1, 0.15) is 5.56 Å². The molecular formula is C16H11ClN6O3S. The minimum atomic E-state index is -0.614. The van der Waals surface area contributed by atoms with Gasteiger partial charge in [-0.3, -0.25) is 20.3 Å². The fraction of sp³-hybridized carbons (Fsp3) is 0. The molecule has 136 valence electrons. The van der Waals surface area contributed by atoms with E-state index in [9.17, 15) is 14.9 Å². The van der Waals surface area contributed by atoms with Gasteiger partial charge in [-0.15, -0.1) is 0 Å². The van der Waals surface area contributed by atoms with E-state index in [0.29, 0.717) is 16.3 Å². The quantitative estimate of drug-likeness (QED) is 0.459.